The minimum atomic E-state index is -0.444. The largest absolute Gasteiger partial charge is 0.488 e. The molecular weight excluding hydrogens is 379 g/mol. The summed E-state index contributed by atoms with van der Waals surface area (Å²) in [5.74, 6) is -0.264. The fourth-order valence-electron chi connectivity index (χ4n) is 2.42. The first kappa shape index (κ1) is 19.6. The molecule has 3 aromatic carbocycles. The van der Waals surface area contributed by atoms with Gasteiger partial charge in [-0.3, -0.25) is 4.79 Å². The smallest absolute Gasteiger partial charge is 0.271 e. The van der Waals surface area contributed by atoms with Crippen LogP contribution >= 0.6 is 11.6 Å². The molecule has 0 aliphatic rings. The molecule has 0 saturated carbocycles. The predicted octanol–water partition coefficient (Wildman–Crippen LogP) is 5.13. The third-order valence-electron chi connectivity index (χ3n) is 3.96. The lowest BCUT2D eigenvalue weighted by Gasteiger charge is -2.10. The van der Waals surface area contributed by atoms with Gasteiger partial charge in [-0.25, -0.2) is 9.82 Å². The van der Waals surface area contributed by atoms with Crippen LogP contribution in [0.3, 0.4) is 0 Å². The van der Waals surface area contributed by atoms with Crippen LogP contribution in [0.1, 0.15) is 27.0 Å². The van der Waals surface area contributed by atoms with Gasteiger partial charge in [-0.15, -0.1) is 0 Å². The fourth-order valence-corrected chi connectivity index (χ4v) is 2.60. The van der Waals surface area contributed by atoms with Gasteiger partial charge in [-0.2, -0.15) is 5.10 Å². The van der Waals surface area contributed by atoms with Crippen LogP contribution in [0.5, 0.6) is 5.75 Å². The number of hydrogen-bond donors (Lipinski definition) is 1. The summed E-state index contributed by atoms with van der Waals surface area (Å²) >= 11 is 6.06. The van der Waals surface area contributed by atoms with Gasteiger partial charge in [0.1, 0.15) is 18.2 Å². The van der Waals surface area contributed by atoms with E-state index in [-0.39, 0.29) is 0 Å². The Kier molecular flexibility index (Phi) is 6.40. The highest BCUT2D eigenvalue weighted by Gasteiger charge is 2.06. The zero-order valence-corrected chi connectivity index (χ0v) is 15.9. The average Bonchev–Trinajstić information content (AvgIpc) is 2.69. The molecule has 0 aliphatic heterocycles. The number of amides is 1. The van der Waals surface area contributed by atoms with Crippen LogP contribution in [-0.4, -0.2) is 12.1 Å². The Bertz CT molecular complexity index is 986. The van der Waals surface area contributed by atoms with Crippen LogP contribution in [0.15, 0.2) is 71.8 Å². The maximum Gasteiger partial charge on any atom is 0.271 e. The molecule has 0 unspecified atom stereocenters. The summed E-state index contributed by atoms with van der Waals surface area (Å²) in [6.45, 7) is 2.42. The summed E-state index contributed by atoms with van der Waals surface area (Å²) in [5, 5.41) is 4.47. The first-order chi connectivity index (χ1) is 13.5. The Morgan fingerprint density at radius 3 is 2.54 bits per heavy atom. The molecule has 0 aromatic heterocycles. The first-order valence-electron chi connectivity index (χ1n) is 8.58. The number of carbonyl (C=O) groups is 1. The summed E-state index contributed by atoms with van der Waals surface area (Å²) < 4.78 is 18.8. The summed E-state index contributed by atoms with van der Waals surface area (Å²) in [6.07, 6.45) is 1.46. The number of ether oxygens (including phenoxy) is 1. The quantitative estimate of drug-likeness (QED) is 0.464. The molecule has 3 aromatic rings. The number of nitrogens with one attached hydrogen (secondary N) is 1. The van der Waals surface area contributed by atoms with Crippen LogP contribution in [0.2, 0.25) is 5.02 Å². The molecule has 0 atom stereocenters. The molecular formula is C22H18ClFN2O2. The van der Waals surface area contributed by atoms with Crippen LogP contribution in [-0.2, 0) is 6.61 Å². The van der Waals surface area contributed by atoms with Crippen LogP contribution in [0, 0.1) is 12.7 Å². The van der Waals surface area contributed by atoms with Crippen molar-refractivity contribution in [2.75, 3.05) is 0 Å². The van der Waals surface area contributed by atoms with E-state index in [1.165, 1.54) is 36.0 Å². The third-order valence-corrected chi connectivity index (χ3v) is 4.20. The second-order valence-corrected chi connectivity index (χ2v) is 6.60. The number of hydrazone groups is 1. The van der Waals surface area contributed by atoms with E-state index in [0.717, 1.165) is 5.56 Å². The Labute approximate surface area is 167 Å². The molecule has 0 saturated heterocycles. The number of halogens is 2. The predicted molar refractivity (Wildman–Crippen MR) is 108 cm³/mol. The van der Waals surface area contributed by atoms with Crippen molar-refractivity contribution in [3.05, 3.63) is 99.8 Å². The van der Waals surface area contributed by atoms with Gasteiger partial charge < -0.3 is 4.74 Å². The van der Waals surface area contributed by atoms with Crippen LogP contribution in [0.4, 0.5) is 4.39 Å². The van der Waals surface area contributed by atoms with Gasteiger partial charge in [-0.1, -0.05) is 41.4 Å². The van der Waals surface area contributed by atoms with Crippen molar-refractivity contribution in [3.63, 3.8) is 0 Å². The molecule has 0 aliphatic carbocycles. The van der Waals surface area contributed by atoms with Gasteiger partial charge in [0, 0.05) is 16.1 Å². The monoisotopic (exact) mass is 396 g/mol. The number of carbonyl (C=O) groups excluding carboxylic acids is 1. The topological polar surface area (TPSA) is 50.7 Å². The Balaban J connectivity index is 1.67. The zero-order valence-electron chi connectivity index (χ0n) is 15.2. The summed E-state index contributed by atoms with van der Waals surface area (Å²) in [5.41, 5.74) is 5.55. The van der Waals surface area contributed by atoms with E-state index in [1.54, 1.807) is 18.2 Å². The molecule has 6 heteroatoms. The van der Waals surface area contributed by atoms with Gasteiger partial charge in [0.25, 0.3) is 5.91 Å². The highest BCUT2D eigenvalue weighted by atomic mass is 35.5. The fraction of sp³-hybridized carbons (Fsp3) is 0.0909. The number of benzene rings is 3. The lowest BCUT2D eigenvalue weighted by Crippen LogP contribution is -2.17. The van der Waals surface area contributed by atoms with Crippen molar-refractivity contribution in [3.8, 4) is 5.75 Å². The second-order valence-electron chi connectivity index (χ2n) is 6.16. The van der Waals surface area contributed by atoms with Crippen molar-refractivity contribution < 1.29 is 13.9 Å². The van der Waals surface area contributed by atoms with Crippen molar-refractivity contribution >= 4 is 23.7 Å². The Morgan fingerprint density at radius 1 is 1.11 bits per heavy atom. The molecule has 1 amide bonds. The number of hydrogen-bond acceptors (Lipinski definition) is 3. The number of aryl methyl sites for hydroxylation is 1. The third kappa shape index (κ3) is 5.41. The Morgan fingerprint density at radius 2 is 1.82 bits per heavy atom. The molecule has 28 heavy (non-hydrogen) atoms. The first-order valence-corrected chi connectivity index (χ1v) is 8.96. The minimum absolute atomic E-state index is 0.306. The van der Waals surface area contributed by atoms with Gasteiger partial charge in [0.15, 0.2) is 0 Å². The SMILES string of the molecule is Cc1ccc(COc2ccc(Cl)cc2/C=N\NC(=O)c2ccc(F)cc2)cc1. The zero-order chi connectivity index (χ0) is 19.9. The van der Waals surface area contributed by atoms with Crippen molar-refractivity contribution in [2.45, 2.75) is 13.5 Å². The van der Waals surface area contributed by atoms with Gasteiger partial charge in [0.05, 0.1) is 6.21 Å². The van der Waals surface area contributed by atoms with E-state index in [1.807, 2.05) is 31.2 Å². The highest BCUT2D eigenvalue weighted by molar-refractivity contribution is 6.30. The summed E-state index contributed by atoms with van der Waals surface area (Å²) in [7, 11) is 0. The summed E-state index contributed by atoms with van der Waals surface area (Å²) in [6, 6.07) is 18.4. The van der Waals surface area contributed by atoms with Gasteiger partial charge >= 0.3 is 0 Å². The van der Waals surface area contributed by atoms with Crippen LogP contribution in [0.25, 0.3) is 0 Å². The van der Waals surface area contributed by atoms with Crippen molar-refractivity contribution in [2.24, 2.45) is 5.10 Å². The lowest BCUT2D eigenvalue weighted by atomic mass is 10.1. The van der Waals surface area contributed by atoms with Crippen LogP contribution < -0.4 is 10.2 Å². The number of rotatable bonds is 6. The van der Waals surface area contributed by atoms with E-state index >= 15 is 0 Å². The van der Waals surface area contributed by atoms with E-state index in [0.29, 0.717) is 28.5 Å². The maximum absolute atomic E-state index is 12.9. The molecule has 0 radical (unpaired) electrons. The van der Waals surface area contributed by atoms with E-state index in [4.69, 9.17) is 16.3 Å². The normalized spacial score (nSPS) is 10.8. The van der Waals surface area contributed by atoms with Crippen molar-refractivity contribution in [1.82, 2.24) is 5.43 Å². The van der Waals surface area contributed by atoms with Gasteiger partial charge in [-0.05, 0) is 55.0 Å². The molecule has 4 nitrogen and oxygen atoms in total. The molecule has 0 spiro atoms. The second kappa shape index (κ2) is 9.15. The number of nitrogens with zero attached hydrogens (tertiary/aromatic N) is 1. The van der Waals surface area contributed by atoms with Gasteiger partial charge in [0.2, 0.25) is 0 Å². The summed E-state index contributed by atoms with van der Waals surface area (Å²) in [4.78, 5) is 12.0. The molecule has 0 bridgehead atoms. The molecule has 142 valence electrons. The standard InChI is InChI=1S/C22H18ClFN2O2/c1-15-2-4-16(5-3-15)14-28-21-11-8-19(23)12-18(21)13-25-26-22(27)17-6-9-20(24)10-7-17/h2-13H,14H2,1H3,(H,26,27)/b25-13-. The molecule has 0 heterocycles. The van der Waals surface area contributed by atoms with E-state index in [9.17, 15) is 9.18 Å². The maximum atomic E-state index is 12.9. The average molecular weight is 397 g/mol. The molecule has 1 N–H and O–H groups in total. The molecule has 3 rings (SSSR count). The highest BCUT2D eigenvalue weighted by Crippen LogP contribution is 2.22. The molecule has 0 fully saturated rings. The van der Waals surface area contributed by atoms with E-state index < -0.39 is 11.7 Å². The Hall–Kier alpha value is -3.18. The minimum Gasteiger partial charge on any atom is -0.488 e. The lowest BCUT2D eigenvalue weighted by molar-refractivity contribution is 0.0955. The van der Waals surface area contributed by atoms with Crippen molar-refractivity contribution in [1.29, 1.82) is 0 Å². The van der Waals surface area contributed by atoms with E-state index in [2.05, 4.69) is 10.5 Å².